The third kappa shape index (κ3) is 9.00. The second-order valence-electron chi connectivity index (χ2n) is 15.3. The lowest BCUT2D eigenvalue weighted by atomic mass is 9.76. The number of nitrogens with one attached hydrogen (secondary N) is 1. The van der Waals surface area contributed by atoms with Crippen molar-refractivity contribution < 1.29 is 9.53 Å². The van der Waals surface area contributed by atoms with Crippen molar-refractivity contribution in [3.63, 3.8) is 0 Å². The minimum atomic E-state index is -0.478. The van der Waals surface area contributed by atoms with Gasteiger partial charge in [-0.05, 0) is 142 Å². The first-order valence-corrected chi connectivity index (χ1v) is 20.7. The molecule has 0 bridgehead atoms. The molecule has 2 saturated heterocycles. The number of rotatable bonds is 2. The third-order valence-corrected chi connectivity index (χ3v) is 12.4. The summed E-state index contributed by atoms with van der Waals surface area (Å²) in [5.74, 6) is 1.47. The van der Waals surface area contributed by atoms with Crippen LogP contribution in [0.15, 0.2) is 73.1 Å². The van der Waals surface area contributed by atoms with E-state index in [-0.39, 0.29) is 19.4 Å². The van der Waals surface area contributed by atoms with E-state index in [1.807, 2.05) is 68.4 Å². The summed E-state index contributed by atoms with van der Waals surface area (Å²) in [5.41, 5.74) is 9.00. The van der Waals surface area contributed by atoms with Gasteiger partial charge in [-0.1, -0.05) is 86.8 Å². The van der Waals surface area contributed by atoms with Crippen LogP contribution >= 0.6 is 55.1 Å². The summed E-state index contributed by atoms with van der Waals surface area (Å²) < 4.78 is 7.66. The molecule has 2 aliphatic carbocycles. The number of hydrogen-bond acceptors (Lipinski definition) is 5. The summed E-state index contributed by atoms with van der Waals surface area (Å²) >= 11 is 20.1. The van der Waals surface area contributed by atoms with E-state index in [1.165, 1.54) is 40.8 Å². The second kappa shape index (κ2) is 17.4. The molecular formula is C44H48Br2Cl2N4O2. The molecular weight excluding hydrogens is 847 g/mol. The average Bonchev–Trinajstić information content (AvgIpc) is 3.34. The van der Waals surface area contributed by atoms with Crippen LogP contribution in [0, 0.1) is 11.8 Å². The van der Waals surface area contributed by atoms with E-state index >= 15 is 0 Å². The molecule has 1 N–H and O–H groups in total. The number of carbonyl (C=O) groups excluding carboxylic acids is 1. The average molecular weight is 896 g/mol. The number of ether oxygens (including phenoxy) is 1. The number of likely N-dealkylation sites (tertiary alicyclic amines) is 1. The van der Waals surface area contributed by atoms with Gasteiger partial charge in [0.2, 0.25) is 0 Å². The molecule has 2 aromatic carbocycles. The third-order valence-electron chi connectivity index (χ3n) is 10.6. The molecule has 2 aromatic heterocycles. The topological polar surface area (TPSA) is 67.3 Å². The van der Waals surface area contributed by atoms with Crippen LogP contribution in [0.3, 0.4) is 0 Å². The van der Waals surface area contributed by atoms with Crippen molar-refractivity contribution in [2.24, 2.45) is 11.8 Å². The zero-order valence-electron chi connectivity index (χ0n) is 30.2. The van der Waals surface area contributed by atoms with Crippen LogP contribution in [0.25, 0.3) is 21.1 Å². The predicted octanol–water partition coefficient (Wildman–Crippen LogP) is 12.4. The molecule has 2 fully saturated rings. The van der Waals surface area contributed by atoms with Gasteiger partial charge in [0.15, 0.2) is 0 Å². The van der Waals surface area contributed by atoms with Crippen LogP contribution in [-0.4, -0.2) is 52.7 Å². The summed E-state index contributed by atoms with van der Waals surface area (Å²) in [6.45, 7) is 9.25. The van der Waals surface area contributed by atoms with Crippen LogP contribution in [-0.2, 0) is 4.74 Å². The Morgan fingerprint density at radius 2 is 1.22 bits per heavy atom. The molecule has 2 unspecified atom stereocenters. The first-order chi connectivity index (χ1) is 25.5. The molecule has 2 aliphatic heterocycles. The lowest BCUT2D eigenvalue weighted by molar-refractivity contribution is 0.0178. The standard InChI is InChI=1S/C24H26BrClN2O2.C19H18BrClN2.CH4/c1-24(2,3)30-23(29)28-11-8-15(9-12-28)21-18-7-6-17(26)13-16(18)14-20(25)19-5-4-10-27-22(19)21;20-17-11-13-10-14(21)3-4-15(13)18(12-5-8-22-9-6-12)19-16(17)2-1-7-23-19;/h4-7,10,13-15,21H,8-9,11-12H2,1-3H3;1-4,7,10-12,18,22H,5-6,8-9H2;1H4. The van der Waals surface area contributed by atoms with E-state index in [1.54, 1.807) is 0 Å². The van der Waals surface area contributed by atoms with Crippen LogP contribution in [0.5, 0.6) is 0 Å². The van der Waals surface area contributed by atoms with Crippen LogP contribution in [0.2, 0.25) is 10.0 Å². The molecule has 1 amide bonds. The SMILES string of the molecule is C.CC(C)(C)OC(=O)N1CCC(C2c3ccc(Cl)cc3C=C(Br)c3cccnc32)CC1.Clc1ccc2c(c1)C=C(Br)c1cccnc1C2C1CCNCC1. The number of pyridine rings is 2. The largest absolute Gasteiger partial charge is 0.444 e. The Morgan fingerprint density at radius 1 is 0.759 bits per heavy atom. The minimum Gasteiger partial charge on any atom is -0.444 e. The predicted molar refractivity (Wildman–Crippen MR) is 232 cm³/mol. The van der Waals surface area contributed by atoms with Crippen LogP contribution in [0.1, 0.15) is 110 Å². The van der Waals surface area contributed by atoms with Crippen molar-refractivity contribution in [2.75, 3.05) is 26.2 Å². The van der Waals surface area contributed by atoms with E-state index in [0.717, 1.165) is 61.8 Å². The number of benzene rings is 2. The number of aromatic nitrogens is 2. The van der Waals surface area contributed by atoms with Gasteiger partial charge in [-0.2, -0.15) is 0 Å². The Kier molecular flexibility index (Phi) is 13.1. The van der Waals surface area contributed by atoms with E-state index in [2.05, 4.69) is 79.7 Å². The van der Waals surface area contributed by atoms with Crippen molar-refractivity contribution >= 4 is 82.3 Å². The minimum absolute atomic E-state index is 0. The molecule has 0 radical (unpaired) electrons. The Hall–Kier alpha value is -3.01. The maximum atomic E-state index is 12.5. The summed E-state index contributed by atoms with van der Waals surface area (Å²) in [6, 6.07) is 20.6. The van der Waals surface area contributed by atoms with Gasteiger partial charge >= 0.3 is 6.09 Å². The fourth-order valence-electron chi connectivity index (χ4n) is 8.24. The monoisotopic (exact) mass is 892 g/mol. The number of nitrogens with zero attached hydrogens (tertiary/aromatic N) is 3. The molecule has 4 aliphatic rings. The quantitative estimate of drug-likeness (QED) is 0.217. The molecule has 2 atom stereocenters. The number of fused-ring (bicyclic) bond motifs is 4. The van der Waals surface area contributed by atoms with Crippen molar-refractivity contribution in [1.29, 1.82) is 0 Å². The van der Waals surface area contributed by atoms with Crippen molar-refractivity contribution in [3.8, 4) is 0 Å². The molecule has 4 aromatic rings. The van der Waals surface area contributed by atoms with Gasteiger partial charge in [-0.3, -0.25) is 9.97 Å². The van der Waals surface area contributed by atoms with Gasteiger partial charge in [0.05, 0.1) is 11.4 Å². The smallest absolute Gasteiger partial charge is 0.410 e. The van der Waals surface area contributed by atoms with Gasteiger partial charge in [0.25, 0.3) is 0 Å². The lowest BCUT2D eigenvalue weighted by Gasteiger charge is -2.37. The molecule has 0 saturated carbocycles. The Bertz CT molecular complexity index is 2050. The van der Waals surface area contributed by atoms with E-state index in [0.29, 0.717) is 30.8 Å². The van der Waals surface area contributed by atoms with E-state index < -0.39 is 5.60 Å². The molecule has 0 spiro atoms. The Balaban J connectivity index is 0.000000187. The molecule has 6 nitrogen and oxygen atoms in total. The summed E-state index contributed by atoms with van der Waals surface area (Å²) in [7, 11) is 0. The lowest BCUT2D eigenvalue weighted by Crippen LogP contribution is -2.42. The maximum Gasteiger partial charge on any atom is 0.410 e. The Morgan fingerprint density at radius 3 is 1.69 bits per heavy atom. The van der Waals surface area contributed by atoms with Crippen LogP contribution in [0.4, 0.5) is 4.79 Å². The van der Waals surface area contributed by atoms with E-state index in [9.17, 15) is 4.79 Å². The highest BCUT2D eigenvalue weighted by atomic mass is 79.9. The summed E-state index contributed by atoms with van der Waals surface area (Å²) in [4.78, 5) is 23.9. The van der Waals surface area contributed by atoms with Gasteiger partial charge in [0.1, 0.15) is 5.60 Å². The van der Waals surface area contributed by atoms with Gasteiger partial charge in [-0.25, -0.2) is 4.79 Å². The number of carbonyl (C=O) groups is 1. The zero-order chi connectivity index (χ0) is 37.3. The molecule has 10 heteroatoms. The van der Waals surface area contributed by atoms with Gasteiger partial charge in [0, 0.05) is 67.5 Å². The number of piperidine rings is 2. The highest BCUT2D eigenvalue weighted by Crippen LogP contribution is 2.47. The first-order valence-electron chi connectivity index (χ1n) is 18.4. The van der Waals surface area contributed by atoms with Crippen molar-refractivity contribution in [1.82, 2.24) is 20.2 Å². The first kappa shape index (κ1) is 40.6. The second-order valence-corrected chi connectivity index (χ2v) is 17.8. The van der Waals surface area contributed by atoms with Gasteiger partial charge in [-0.15, -0.1) is 0 Å². The van der Waals surface area contributed by atoms with E-state index in [4.69, 9.17) is 37.9 Å². The number of amides is 1. The number of halogens is 4. The number of hydrogen-bond donors (Lipinski definition) is 1. The summed E-state index contributed by atoms with van der Waals surface area (Å²) in [6.07, 6.45) is 12.0. The zero-order valence-corrected chi connectivity index (χ0v) is 34.9. The molecule has 54 heavy (non-hydrogen) atoms. The Labute approximate surface area is 347 Å². The molecule has 4 heterocycles. The normalized spacial score (nSPS) is 19.8. The van der Waals surface area contributed by atoms with Crippen LogP contribution < -0.4 is 5.32 Å². The maximum absolute atomic E-state index is 12.5. The fourth-order valence-corrected chi connectivity index (χ4v) is 9.76. The highest BCUT2D eigenvalue weighted by Gasteiger charge is 2.36. The van der Waals surface area contributed by atoms with Gasteiger partial charge < -0.3 is 15.0 Å². The highest BCUT2D eigenvalue weighted by molar-refractivity contribution is 9.15. The van der Waals surface area contributed by atoms with Crippen molar-refractivity contribution in [3.05, 3.63) is 128 Å². The molecule has 8 rings (SSSR count). The molecule has 284 valence electrons. The van der Waals surface area contributed by atoms with Crippen molar-refractivity contribution in [2.45, 2.75) is 71.3 Å². The fraction of sp³-hybridized carbons (Fsp3) is 0.386. The summed E-state index contributed by atoms with van der Waals surface area (Å²) in [5, 5.41) is 4.98.